The van der Waals surface area contributed by atoms with E-state index in [1.807, 2.05) is 0 Å². The Morgan fingerprint density at radius 2 is 1.14 bits per heavy atom. The van der Waals surface area contributed by atoms with Crippen molar-refractivity contribution in [2.75, 3.05) is 0 Å². The predicted octanol–water partition coefficient (Wildman–Crippen LogP) is 3.48. The fourth-order valence-electron chi connectivity index (χ4n) is 1.82. The summed E-state index contributed by atoms with van der Waals surface area (Å²) in [6.07, 6.45) is 0. The molecule has 0 aliphatic heterocycles. The SMILES string of the molecule is Cc1cc(O[Si](C)(C)C(C)(C)C)cc(C)c1[C](N)=[Cr].[C-]#[O+].[C-]#[O+].[C-]#[O+].[C-]#[O+].[C-]#[O+]. The van der Waals surface area contributed by atoms with Gasteiger partial charge in [0.1, 0.15) is 0 Å². The van der Waals surface area contributed by atoms with E-state index in [0.29, 0.717) is 0 Å². The normalized spacial score (nSPS) is 8.48. The molecule has 0 heterocycles. The molecular formula is C20H25CrNO6Si. The van der Waals surface area contributed by atoms with Crippen LogP contribution in [0.15, 0.2) is 12.1 Å². The van der Waals surface area contributed by atoms with Gasteiger partial charge in [0.25, 0.3) is 0 Å². The van der Waals surface area contributed by atoms with Crippen LogP contribution in [0.5, 0.6) is 5.75 Å². The number of rotatable bonds is 3. The van der Waals surface area contributed by atoms with Gasteiger partial charge in [-0.25, -0.2) is 0 Å². The molecule has 0 fully saturated rings. The Balaban J connectivity index is -0.000000167. The van der Waals surface area contributed by atoms with Crippen molar-refractivity contribution >= 4 is 12.8 Å². The molecule has 0 saturated carbocycles. The van der Waals surface area contributed by atoms with Gasteiger partial charge in [-0.3, -0.25) is 0 Å². The monoisotopic (exact) mass is 455 g/mol. The van der Waals surface area contributed by atoms with Gasteiger partial charge in [-0.05, 0) is 0 Å². The van der Waals surface area contributed by atoms with Gasteiger partial charge >= 0.3 is 183 Å². The Labute approximate surface area is 182 Å². The van der Waals surface area contributed by atoms with Crippen molar-refractivity contribution in [2.24, 2.45) is 5.73 Å². The first-order valence-corrected chi connectivity index (χ1v) is 11.1. The summed E-state index contributed by atoms with van der Waals surface area (Å²) in [5.74, 6) is 0.964. The van der Waals surface area contributed by atoms with E-state index in [1.165, 1.54) is 0 Å². The Kier molecular flexibility index (Phi) is 27.5. The molecular weight excluding hydrogens is 430 g/mol. The summed E-state index contributed by atoms with van der Waals surface area (Å²) < 4.78 is 44.6. The Bertz CT molecular complexity index is 655. The molecule has 9 heteroatoms. The summed E-state index contributed by atoms with van der Waals surface area (Å²) >= 11 is 2.89. The minimum atomic E-state index is -1.78. The van der Waals surface area contributed by atoms with Gasteiger partial charge in [0.2, 0.25) is 0 Å². The second-order valence-corrected chi connectivity index (χ2v) is 12.1. The summed E-state index contributed by atoms with van der Waals surface area (Å²) in [6.45, 7) is 37.9. The molecule has 0 amide bonds. The van der Waals surface area contributed by atoms with Crippen LogP contribution in [-0.4, -0.2) is 12.8 Å². The second-order valence-electron chi connectivity index (χ2n) is 6.66. The van der Waals surface area contributed by atoms with Gasteiger partial charge in [0.05, 0.1) is 0 Å². The molecule has 1 rings (SSSR count). The summed E-state index contributed by atoms with van der Waals surface area (Å²) in [5, 5.41) is 0.206. The van der Waals surface area contributed by atoms with E-state index in [0.717, 1.165) is 26.9 Å². The van der Waals surface area contributed by atoms with Gasteiger partial charge in [-0.1, -0.05) is 0 Å². The van der Waals surface area contributed by atoms with Crippen molar-refractivity contribution in [3.05, 3.63) is 62.1 Å². The fraction of sp³-hybridized carbons (Fsp3) is 0.400. The first kappa shape index (κ1) is 38.0. The van der Waals surface area contributed by atoms with Gasteiger partial charge in [0.15, 0.2) is 0 Å². The fourth-order valence-corrected chi connectivity index (χ4v) is 3.34. The predicted molar refractivity (Wildman–Crippen MR) is 102 cm³/mol. The first-order valence-electron chi connectivity index (χ1n) is 7.58. The third kappa shape index (κ3) is 14.9. The van der Waals surface area contributed by atoms with E-state index in [-0.39, 0.29) is 5.04 Å². The number of benzene rings is 1. The Morgan fingerprint density at radius 3 is 1.34 bits per heavy atom. The topological polar surface area (TPSA) is 135 Å². The molecule has 0 radical (unpaired) electrons. The molecule has 0 bridgehead atoms. The van der Waals surface area contributed by atoms with E-state index < -0.39 is 8.32 Å². The molecule has 0 aliphatic carbocycles. The van der Waals surface area contributed by atoms with Crippen LogP contribution in [0.1, 0.15) is 37.5 Å². The van der Waals surface area contributed by atoms with Crippen molar-refractivity contribution in [2.45, 2.75) is 52.8 Å². The zero-order valence-corrected chi connectivity index (χ0v) is 19.9. The first-order chi connectivity index (χ1) is 13.5. The van der Waals surface area contributed by atoms with E-state index in [2.05, 4.69) is 109 Å². The maximum absolute atomic E-state index is 7.50. The van der Waals surface area contributed by atoms with E-state index in [1.54, 1.807) is 0 Å². The third-order valence-corrected chi connectivity index (χ3v) is 8.61. The zero-order valence-electron chi connectivity index (χ0n) is 17.6. The van der Waals surface area contributed by atoms with Crippen LogP contribution < -0.4 is 10.2 Å². The van der Waals surface area contributed by atoms with Crippen LogP contribution in [-0.2, 0) is 39.1 Å². The standard InChI is InChI=1S/C15H25NOSi.5CO.Cr/c1-11-8-13(9-12(2)14(11)10-16)17-18(6,7)15(3,4)5;5*1-2;/h8-9H,16H2,1-7H3;;;;;;. The molecule has 2 N–H and O–H groups in total. The van der Waals surface area contributed by atoms with E-state index in [4.69, 9.17) is 33.4 Å². The Morgan fingerprint density at radius 1 is 0.862 bits per heavy atom. The van der Waals surface area contributed by atoms with Crippen molar-refractivity contribution in [3.8, 4) is 5.75 Å². The van der Waals surface area contributed by atoms with Crippen LogP contribution >= 0.6 is 0 Å². The van der Waals surface area contributed by atoms with Crippen LogP contribution in [0.25, 0.3) is 0 Å². The average Bonchev–Trinajstić information content (AvgIpc) is 2.67. The molecule has 0 aliphatic rings. The average molecular weight is 456 g/mol. The number of nitrogens with two attached hydrogens (primary N) is 1. The quantitative estimate of drug-likeness (QED) is 0.424. The van der Waals surface area contributed by atoms with E-state index >= 15 is 0 Å². The molecule has 0 unspecified atom stereocenters. The molecule has 0 saturated heterocycles. The van der Waals surface area contributed by atoms with Crippen LogP contribution in [0.2, 0.25) is 18.1 Å². The summed E-state index contributed by atoms with van der Waals surface area (Å²) in [4.78, 5) is 0. The number of hydrogen-bond acceptors (Lipinski definition) is 2. The van der Waals surface area contributed by atoms with E-state index in [9.17, 15) is 0 Å². The van der Waals surface area contributed by atoms with Gasteiger partial charge in [-0.2, -0.15) is 0 Å². The number of aryl methyl sites for hydroxylation is 2. The summed E-state index contributed by atoms with van der Waals surface area (Å²) in [6, 6.07) is 4.18. The number of hydrogen-bond donors (Lipinski definition) is 1. The molecule has 0 aromatic heterocycles. The third-order valence-electron chi connectivity index (χ3n) is 3.93. The maximum atomic E-state index is 7.50. The summed E-state index contributed by atoms with van der Waals surface area (Å²) in [5.41, 5.74) is 9.31. The minimum absolute atomic E-state index is 0.206. The van der Waals surface area contributed by atoms with Crippen molar-refractivity contribution in [1.82, 2.24) is 0 Å². The Hall–Kier alpha value is -1.70. The second kappa shape index (κ2) is 21.0. The molecule has 29 heavy (non-hydrogen) atoms. The van der Waals surface area contributed by atoms with Crippen molar-refractivity contribution in [3.63, 3.8) is 0 Å². The van der Waals surface area contributed by atoms with Gasteiger partial charge in [0, 0.05) is 0 Å². The molecule has 156 valence electrons. The zero-order chi connectivity index (χ0) is 25.0. The molecule has 0 spiro atoms. The van der Waals surface area contributed by atoms with Crippen LogP contribution in [0.3, 0.4) is 0 Å². The van der Waals surface area contributed by atoms with Crippen LogP contribution in [0.4, 0.5) is 0 Å². The van der Waals surface area contributed by atoms with Crippen molar-refractivity contribution in [1.29, 1.82) is 0 Å². The molecule has 1 aromatic rings. The molecule has 1 aromatic carbocycles. The summed E-state index contributed by atoms with van der Waals surface area (Å²) in [7, 11) is -1.78. The van der Waals surface area contributed by atoms with Crippen molar-refractivity contribution < 1.29 is 43.5 Å². The molecule has 0 atom stereocenters. The van der Waals surface area contributed by atoms with Crippen LogP contribution in [0, 0.1) is 47.1 Å². The van der Waals surface area contributed by atoms with Gasteiger partial charge in [-0.15, -0.1) is 0 Å². The van der Waals surface area contributed by atoms with Gasteiger partial charge < -0.3 is 0 Å². The molecule has 7 nitrogen and oxygen atoms in total.